The van der Waals surface area contributed by atoms with Crippen LogP contribution in [-0.2, 0) is 34.7 Å². The van der Waals surface area contributed by atoms with Crippen LogP contribution < -0.4 is 15.4 Å². The molecule has 0 aromatic heterocycles. The Bertz CT molecular complexity index is 1980. The summed E-state index contributed by atoms with van der Waals surface area (Å²) < 4.78 is 61.8. The summed E-state index contributed by atoms with van der Waals surface area (Å²) in [6.07, 6.45) is 2.53. The molecule has 0 bridgehead atoms. The van der Waals surface area contributed by atoms with E-state index >= 15 is 0 Å². The number of anilines is 1. The van der Waals surface area contributed by atoms with E-state index in [4.69, 9.17) is 4.74 Å². The quantitative estimate of drug-likeness (QED) is 0.216. The van der Waals surface area contributed by atoms with Crippen molar-refractivity contribution in [2.45, 2.75) is 74.9 Å². The standard InChI is InChI=1S/C39H44F2N4O6S/c1-6-26-21-39(26,36(48)44-52(49,50)29-17-18-29)43-34(46)32-22-38(51-5,27-14-12-25(13-15-27)24-10-8-7-9-11-24)23-45(32)35(47)33(37(2,3)4)42-28-16-19-30(40)31(41)20-28/h6-16,19-20,26,29,32-33,42H,1,17-18,21-23H2,2-5H3,(H,43,46)(H,44,48)/t26-,32+,33+,38+,39-/m1/s1. The molecule has 6 rings (SSSR count). The van der Waals surface area contributed by atoms with Gasteiger partial charge in [0.15, 0.2) is 11.6 Å². The normalized spacial score (nSPS) is 24.8. The van der Waals surface area contributed by atoms with Crippen LogP contribution in [0.25, 0.3) is 11.1 Å². The Labute approximate surface area is 303 Å². The maximum Gasteiger partial charge on any atom is 0.259 e. The van der Waals surface area contributed by atoms with E-state index in [-0.39, 0.29) is 25.1 Å². The van der Waals surface area contributed by atoms with Crippen molar-refractivity contribution in [1.29, 1.82) is 0 Å². The zero-order valence-corrected chi connectivity index (χ0v) is 30.4. The number of halogens is 2. The van der Waals surface area contributed by atoms with Crippen molar-refractivity contribution in [3.05, 3.63) is 103 Å². The van der Waals surface area contributed by atoms with Crippen molar-refractivity contribution >= 4 is 33.4 Å². The minimum Gasteiger partial charge on any atom is -0.373 e. The Morgan fingerprint density at radius 2 is 1.62 bits per heavy atom. The SMILES string of the molecule is C=C[C@@H]1C[C@]1(NC(=O)[C@@H]1C[C@@](OC)(c2ccc(-c3ccccc3)cc2)CN1C(=O)[C@H](Nc1ccc(F)c(F)c1)C(C)(C)C)C(=O)NS(=O)(=O)C1CC1. The summed E-state index contributed by atoms with van der Waals surface area (Å²) in [5.74, 6) is -4.69. The Morgan fingerprint density at radius 3 is 2.17 bits per heavy atom. The van der Waals surface area contributed by atoms with Gasteiger partial charge in [-0.3, -0.25) is 19.1 Å². The zero-order chi connectivity index (χ0) is 37.6. The Kier molecular flexibility index (Phi) is 9.81. The highest BCUT2D eigenvalue weighted by atomic mass is 32.2. The predicted octanol–water partition coefficient (Wildman–Crippen LogP) is 5.27. The highest BCUT2D eigenvalue weighted by Crippen LogP contribution is 2.47. The molecule has 3 fully saturated rings. The van der Waals surface area contributed by atoms with Crippen molar-refractivity contribution in [3.63, 3.8) is 0 Å². The van der Waals surface area contributed by atoms with Gasteiger partial charge in [0.05, 0.1) is 11.8 Å². The second kappa shape index (κ2) is 13.7. The van der Waals surface area contributed by atoms with Gasteiger partial charge in [0.1, 0.15) is 23.2 Å². The molecule has 3 aromatic rings. The van der Waals surface area contributed by atoms with Gasteiger partial charge in [-0.25, -0.2) is 17.2 Å². The monoisotopic (exact) mass is 734 g/mol. The van der Waals surface area contributed by atoms with Crippen LogP contribution in [0.5, 0.6) is 0 Å². The van der Waals surface area contributed by atoms with Gasteiger partial charge in [-0.2, -0.15) is 0 Å². The average Bonchev–Trinajstić information content (AvgIpc) is 4.05. The number of likely N-dealkylation sites (tertiary alicyclic amines) is 1. The summed E-state index contributed by atoms with van der Waals surface area (Å²) in [7, 11) is -2.41. The number of carbonyl (C=O) groups excluding carboxylic acids is 3. The second-order valence-corrected chi connectivity index (χ2v) is 17.0. The molecule has 13 heteroatoms. The third-order valence-corrected chi connectivity index (χ3v) is 12.2. The largest absolute Gasteiger partial charge is 0.373 e. The first-order valence-corrected chi connectivity index (χ1v) is 18.8. The van der Waals surface area contributed by atoms with E-state index in [1.54, 1.807) is 20.8 Å². The Morgan fingerprint density at radius 1 is 0.962 bits per heavy atom. The molecule has 0 radical (unpaired) electrons. The van der Waals surface area contributed by atoms with Crippen LogP contribution in [0.15, 0.2) is 85.5 Å². The minimum atomic E-state index is -3.91. The maximum atomic E-state index is 14.7. The molecule has 3 aromatic carbocycles. The number of sulfonamides is 1. The van der Waals surface area contributed by atoms with E-state index < -0.39 is 79.2 Å². The van der Waals surface area contributed by atoms with E-state index in [0.29, 0.717) is 18.4 Å². The molecule has 3 amide bonds. The number of nitrogens with one attached hydrogen (secondary N) is 3. The molecular formula is C39H44F2N4O6S. The maximum absolute atomic E-state index is 14.7. The lowest BCUT2D eigenvalue weighted by molar-refractivity contribution is -0.142. The van der Waals surface area contributed by atoms with Crippen LogP contribution in [0.1, 0.15) is 52.0 Å². The molecule has 3 N–H and O–H groups in total. The Balaban J connectivity index is 1.35. The number of methoxy groups -OCH3 is 1. The van der Waals surface area contributed by atoms with Crippen LogP contribution in [0.3, 0.4) is 0 Å². The van der Waals surface area contributed by atoms with Crippen molar-refractivity contribution in [2.75, 3.05) is 19.0 Å². The predicted molar refractivity (Wildman–Crippen MR) is 193 cm³/mol. The fourth-order valence-corrected chi connectivity index (χ4v) is 8.36. The number of benzene rings is 3. The van der Waals surface area contributed by atoms with Gasteiger partial charge in [-0.15, -0.1) is 6.58 Å². The first-order valence-electron chi connectivity index (χ1n) is 17.3. The molecule has 52 heavy (non-hydrogen) atoms. The summed E-state index contributed by atoms with van der Waals surface area (Å²) in [5, 5.41) is 5.22. The van der Waals surface area contributed by atoms with Crippen LogP contribution in [0.4, 0.5) is 14.5 Å². The molecule has 5 atom stereocenters. The molecule has 0 unspecified atom stereocenters. The highest BCUT2D eigenvalue weighted by molar-refractivity contribution is 7.91. The van der Waals surface area contributed by atoms with Crippen molar-refractivity contribution < 1.29 is 36.3 Å². The zero-order valence-electron chi connectivity index (χ0n) is 29.6. The summed E-state index contributed by atoms with van der Waals surface area (Å²) in [6, 6.07) is 18.5. The van der Waals surface area contributed by atoms with E-state index in [1.807, 2.05) is 54.6 Å². The molecule has 2 saturated carbocycles. The molecule has 10 nitrogen and oxygen atoms in total. The van der Waals surface area contributed by atoms with Crippen LogP contribution in [0.2, 0.25) is 0 Å². The summed E-state index contributed by atoms with van der Waals surface area (Å²) in [6.45, 7) is 9.13. The van der Waals surface area contributed by atoms with Crippen LogP contribution >= 0.6 is 0 Å². The van der Waals surface area contributed by atoms with Crippen molar-refractivity contribution in [3.8, 4) is 11.1 Å². The van der Waals surface area contributed by atoms with Gasteiger partial charge in [-0.05, 0) is 53.5 Å². The molecule has 0 spiro atoms. The highest BCUT2D eigenvalue weighted by Gasteiger charge is 2.62. The second-order valence-electron chi connectivity index (χ2n) is 15.1. The summed E-state index contributed by atoms with van der Waals surface area (Å²) in [4.78, 5) is 44.1. The van der Waals surface area contributed by atoms with Gasteiger partial charge in [-0.1, -0.05) is 81.4 Å². The van der Waals surface area contributed by atoms with E-state index in [9.17, 15) is 31.6 Å². The van der Waals surface area contributed by atoms with E-state index in [0.717, 1.165) is 23.3 Å². The number of hydrogen-bond donors (Lipinski definition) is 3. The number of amides is 3. The third kappa shape index (κ3) is 7.20. The lowest BCUT2D eigenvalue weighted by Gasteiger charge is -2.36. The van der Waals surface area contributed by atoms with Gasteiger partial charge in [0.25, 0.3) is 5.91 Å². The summed E-state index contributed by atoms with van der Waals surface area (Å²) >= 11 is 0. The first kappa shape index (κ1) is 37.1. The van der Waals surface area contributed by atoms with Gasteiger partial charge in [0, 0.05) is 31.2 Å². The van der Waals surface area contributed by atoms with Crippen LogP contribution in [-0.4, -0.2) is 67.6 Å². The minimum absolute atomic E-state index is 0.00459. The molecule has 276 valence electrons. The summed E-state index contributed by atoms with van der Waals surface area (Å²) in [5.41, 5.74) is -0.685. The fraction of sp³-hybridized carbons (Fsp3) is 0.410. The number of nitrogens with zero attached hydrogens (tertiary/aromatic N) is 1. The number of hydrogen-bond acceptors (Lipinski definition) is 7. The van der Waals surface area contributed by atoms with Gasteiger partial charge in [0.2, 0.25) is 21.8 Å². The van der Waals surface area contributed by atoms with E-state index in [2.05, 4.69) is 21.9 Å². The van der Waals surface area contributed by atoms with Crippen molar-refractivity contribution in [1.82, 2.24) is 14.9 Å². The number of rotatable bonds is 12. The lowest BCUT2D eigenvalue weighted by atomic mass is 9.85. The smallest absolute Gasteiger partial charge is 0.259 e. The Hall–Kier alpha value is -4.62. The fourth-order valence-electron chi connectivity index (χ4n) is 7.00. The van der Waals surface area contributed by atoms with Gasteiger partial charge >= 0.3 is 0 Å². The lowest BCUT2D eigenvalue weighted by Crippen LogP contribution is -2.58. The van der Waals surface area contributed by atoms with Crippen LogP contribution in [0, 0.1) is 23.0 Å². The topological polar surface area (TPSA) is 134 Å². The number of carbonyl (C=O) groups is 3. The van der Waals surface area contributed by atoms with Gasteiger partial charge < -0.3 is 20.3 Å². The molecule has 2 aliphatic carbocycles. The molecule has 3 aliphatic rings. The number of ether oxygens (including phenoxy) is 1. The molecule has 1 aliphatic heterocycles. The van der Waals surface area contributed by atoms with E-state index in [1.165, 1.54) is 24.2 Å². The molecular weight excluding hydrogens is 691 g/mol. The van der Waals surface area contributed by atoms with Crippen molar-refractivity contribution in [2.24, 2.45) is 11.3 Å². The average molecular weight is 735 g/mol. The molecule has 1 saturated heterocycles. The molecule has 1 heterocycles. The third-order valence-electron chi connectivity index (χ3n) is 10.4. The first-order chi connectivity index (χ1) is 24.5.